The summed E-state index contributed by atoms with van der Waals surface area (Å²) in [5.74, 6) is -0.186. The van der Waals surface area contributed by atoms with E-state index in [0.29, 0.717) is 5.69 Å². The molecule has 2 rings (SSSR count). The first-order valence-corrected chi connectivity index (χ1v) is 5.41. The van der Waals surface area contributed by atoms with E-state index in [1.54, 1.807) is 14.1 Å². The maximum atomic E-state index is 11.9. The zero-order chi connectivity index (χ0) is 12.6. The van der Waals surface area contributed by atoms with Crippen LogP contribution in [0.3, 0.4) is 0 Å². The van der Waals surface area contributed by atoms with Crippen LogP contribution in [0.25, 0.3) is 0 Å². The molecular weight excluding hydrogens is 218 g/mol. The van der Waals surface area contributed by atoms with Crippen molar-refractivity contribution in [1.82, 2.24) is 4.90 Å². The van der Waals surface area contributed by atoms with Gasteiger partial charge in [-0.3, -0.25) is 4.79 Å². The molecule has 1 saturated heterocycles. The molecule has 1 N–H and O–H groups in total. The second-order valence-electron chi connectivity index (χ2n) is 4.12. The lowest BCUT2D eigenvalue weighted by atomic mass is 10.1. The summed E-state index contributed by atoms with van der Waals surface area (Å²) in [6, 6.07) is 5.34. The zero-order valence-corrected chi connectivity index (χ0v) is 10.2. The molecule has 0 bridgehead atoms. The number of hydrogen-bond donors (Lipinski definition) is 1. The molecule has 1 fully saturated rings. The summed E-state index contributed by atoms with van der Waals surface area (Å²) < 4.78 is 0. The van der Waals surface area contributed by atoms with Gasteiger partial charge in [0.1, 0.15) is 6.54 Å². The van der Waals surface area contributed by atoms with Crippen molar-refractivity contribution in [2.75, 3.05) is 30.9 Å². The van der Waals surface area contributed by atoms with E-state index in [9.17, 15) is 9.59 Å². The van der Waals surface area contributed by atoms with Gasteiger partial charge in [0.2, 0.25) is 0 Å². The number of hydrogen-bond acceptors (Lipinski definition) is 3. The first-order valence-electron chi connectivity index (χ1n) is 5.41. The molecule has 1 aromatic rings. The fraction of sp³-hybridized carbons (Fsp3) is 0.333. The van der Waals surface area contributed by atoms with Gasteiger partial charge in [0.25, 0.3) is 5.91 Å². The quantitative estimate of drug-likeness (QED) is 0.786. The molecule has 1 aromatic carbocycles. The van der Waals surface area contributed by atoms with Gasteiger partial charge in [0.05, 0.1) is 5.69 Å². The average molecular weight is 233 g/mol. The maximum Gasteiger partial charge on any atom is 0.331 e. The smallest absolute Gasteiger partial charge is 0.331 e. The molecule has 0 saturated carbocycles. The van der Waals surface area contributed by atoms with Gasteiger partial charge in [-0.1, -0.05) is 6.07 Å². The van der Waals surface area contributed by atoms with Crippen LogP contribution < -0.4 is 10.2 Å². The van der Waals surface area contributed by atoms with Gasteiger partial charge >= 0.3 is 6.03 Å². The third kappa shape index (κ3) is 1.84. The molecule has 90 valence electrons. The van der Waals surface area contributed by atoms with Gasteiger partial charge in [0, 0.05) is 19.8 Å². The lowest BCUT2D eigenvalue weighted by Gasteiger charge is -2.17. The number of anilines is 2. The Morgan fingerprint density at radius 3 is 2.53 bits per heavy atom. The molecule has 1 aliphatic rings. The molecule has 5 heteroatoms. The van der Waals surface area contributed by atoms with E-state index in [2.05, 4.69) is 5.32 Å². The lowest BCUT2D eigenvalue weighted by Crippen LogP contribution is -2.32. The number of aryl methyl sites for hydroxylation is 1. The summed E-state index contributed by atoms with van der Waals surface area (Å²) in [7, 11) is 3.42. The van der Waals surface area contributed by atoms with Crippen molar-refractivity contribution in [3.05, 3.63) is 23.8 Å². The van der Waals surface area contributed by atoms with Crippen LogP contribution in [0.1, 0.15) is 5.56 Å². The Morgan fingerprint density at radius 1 is 1.29 bits per heavy atom. The van der Waals surface area contributed by atoms with Gasteiger partial charge in [-0.2, -0.15) is 0 Å². The van der Waals surface area contributed by atoms with Gasteiger partial charge in [-0.05, 0) is 24.6 Å². The van der Waals surface area contributed by atoms with Crippen LogP contribution in [0.15, 0.2) is 18.2 Å². The SMILES string of the molecule is CNc1ccc(C)c(N2C(=O)CN(C)C2=O)c1. The van der Waals surface area contributed by atoms with E-state index in [1.165, 1.54) is 9.80 Å². The number of nitrogens with one attached hydrogen (secondary N) is 1. The molecule has 1 aliphatic heterocycles. The number of carbonyl (C=O) groups excluding carboxylic acids is 2. The summed E-state index contributed by atoms with van der Waals surface area (Å²) in [6.45, 7) is 2.02. The first kappa shape index (κ1) is 11.4. The van der Waals surface area contributed by atoms with E-state index < -0.39 is 0 Å². The Balaban J connectivity index is 2.46. The molecule has 0 unspecified atom stereocenters. The summed E-state index contributed by atoms with van der Waals surface area (Å²) in [5.41, 5.74) is 2.43. The van der Waals surface area contributed by atoms with Crippen molar-refractivity contribution in [3.63, 3.8) is 0 Å². The number of amides is 3. The van der Waals surface area contributed by atoms with Crippen molar-refractivity contribution in [3.8, 4) is 0 Å². The number of rotatable bonds is 2. The number of benzene rings is 1. The molecule has 3 amide bonds. The number of likely N-dealkylation sites (N-methyl/N-ethyl adjacent to an activating group) is 1. The van der Waals surface area contributed by atoms with E-state index in [1.807, 2.05) is 25.1 Å². The summed E-state index contributed by atoms with van der Waals surface area (Å²) in [6.07, 6.45) is 0. The van der Waals surface area contributed by atoms with Gasteiger partial charge in [-0.15, -0.1) is 0 Å². The van der Waals surface area contributed by atoms with Gasteiger partial charge < -0.3 is 10.2 Å². The molecule has 0 atom stereocenters. The Morgan fingerprint density at radius 2 is 2.00 bits per heavy atom. The fourth-order valence-electron chi connectivity index (χ4n) is 1.86. The zero-order valence-electron chi connectivity index (χ0n) is 10.2. The third-order valence-electron chi connectivity index (χ3n) is 2.88. The van der Waals surface area contributed by atoms with Crippen LogP contribution in [-0.2, 0) is 4.79 Å². The molecule has 0 radical (unpaired) electrons. The Bertz CT molecular complexity index is 485. The van der Waals surface area contributed by atoms with Crippen LogP contribution in [0.4, 0.5) is 16.2 Å². The number of urea groups is 1. The summed E-state index contributed by atoms with van der Waals surface area (Å²) in [5, 5.41) is 3.00. The lowest BCUT2D eigenvalue weighted by molar-refractivity contribution is -0.116. The number of imide groups is 1. The molecule has 0 aliphatic carbocycles. The minimum atomic E-state index is -0.272. The molecule has 5 nitrogen and oxygen atoms in total. The predicted octanol–water partition coefficient (Wildman–Crippen LogP) is 1.44. The van der Waals surface area contributed by atoms with Crippen molar-refractivity contribution in [2.45, 2.75) is 6.92 Å². The Kier molecular flexibility index (Phi) is 2.75. The average Bonchev–Trinajstić information content (AvgIpc) is 2.55. The largest absolute Gasteiger partial charge is 0.388 e. The maximum absolute atomic E-state index is 11.9. The predicted molar refractivity (Wildman–Crippen MR) is 66.2 cm³/mol. The highest BCUT2D eigenvalue weighted by Gasteiger charge is 2.35. The fourth-order valence-corrected chi connectivity index (χ4v) is 1.86. The molecular formula is C12H15N3O2. The Labute approximate surface area is 100 Å². The van der Waals surface area contributed by atoms with E-state index in [-0.39, 0.29) is 18.5 Å². The van der Waals surface area contributed by atoms with Crippen molar-refractivity contribution >= 4 is 23.3 Å². The monoisotopic (exact) mass is 233 g/mol. The molecule has 0 spiro atoms. The summed E-state index contributed by atoms with van der Waals surface area (Å²) in [4.78, 5) is 26.3. The van der Waals surface area contributed by atoms with Crippen LogP contribution in [0.5, 0.6) is 0 Å². The summed E-state index contributed by atoms with van der Waals surface area (Å²) >= 11 is 0. The van der Waals surface area contributed by atoms with Crippen molar-refractivity contribution in [1.29, 1.82) is 0 Å². The highest BCUT2D eigenvalue weighted by Crippen LogP contribution is 2.27. The number of carbonyl (C=O) groups is 2. The van der Waals surface area contributed by atoms with E-state index in [4.69, 9.17) is 0 Å². The van der Waals surface area contributed by atoms with Crippen LogP contribution >= 0.6 is 0 Å². The van der Waals surface area contributed by atoms with E-state index >= 15 is 0 Å². The van der Waals surface area contributed by atoms with Gasteiger partial charge in [0.15, 0.2) is 0 Å². The normalized spacial score (nSPS) is 15.7. The third-order valence-corrected chi connectivity index (χ3v) is 2.88. The Hall–Kier alpha value is -2.04. The topological polar surface area (TPSA) is 52.7 Å². The molecule has 0 aromatic heterocycles. The second-order valence-corrected chi connectivity index (χ2v) is 4.12. The molecule has 1 heterocycles. The van der Waals surface area contributed by atoms with Crippen molar-refractivity contribution in [2.24, 2.45) is 0 Å². The standard InChI is InChI=1S/C12H15N3O2/c1-8-4-5-9(13-2)6-10(8)15-11(16)7-14(3)12(15)17/h4-6,13H,7H2,1-3H3. The van der Waals surface area contributed by atoms with Crippen LogP contribution in [0.2, 0.25) is 0 Å². The number of nitrogens with zero attached hydrogens (tertiary/aromatic N) is 2. The minimum absolute atomic E-state index is 0.141. The van der Waals surface area contributed by atoms with Crippen LogP contribution in [-0.4, -0.2) is 37.5 Å². The van der Waals surface area contributed by atoms with Gasteiger partial charge in [-0.25, -0.2) is 9.69 Å². The highest BCUT2D eigenvalue weighted by atomic mass is 16.2. The second kappa shape index (κ2) is 4.08. The first-order chi connectivity index (χ1) is 8.04. The molecule has 17 heavy (non-hydrogen) atoms. The van der Waals surface area contributed by atoms with E-state index in [0.717, 1.165) is 11.3 Å². The minimum Gasteiger partial charge on any atom is -0.388 e. The van der Waals surface area contributed by atoms with Crippen molar-refractivity contribution < 1.29 is 9.59 Å². The van der Waals surface area contributed by atoms with Crippen LogP contribution in [0, 0.1) is 6.92 Å². The highest BCUT2D eigenvalue weighted by molar-refractivity contribution is 6.20.